The molecule has 2 aromatic carbocycles. The number of imidazole rings is 1. The van der Waals surface area contributed by atoms with E-state index in [1.165, 1.54) is 11.1 Å². The van der Waals surface area contributed by atoms with Crippen LogP contribution in [0, 0.1) is 20.0 Å². The smallest absolute Gasteiger partial charge is 0.478 e. The number of rotatable bonds is 4. The van der Waals surface area contributed by atoms with E-state index in [9.17, 15) is 4.79 Å². The number of carboxylic acid groups (broad SMARTS) is 1. The molecule has 1 N–H and O–H groups in total. The monoisotopic (exact) mass is 460 g/mol. The summed E-state index contributed by atoms with van der Waals surface area (Å²) in [6.45, 7) is 7.05. The van der Waals surface area contributed by atoms with Crippen molar-refractivity contribution in [1.29, 1.82) is 0 Å². The third-order valence-corrected chi connectivity index (χ3v) is 5.39. The Balaban J connectivity index is 0.000000275. The topological polar surface area (TPSA) is 80.9 Å². The molecule has 0 aliphatic rings. The summed E-state index contributed by atoms with van der Waals surface area (Å²) < 4.78 is 2.24. The molecule has 5 aromatic rings. The number of nitrogens with zero attached hydrogens (tertiary/aromatic N) is 4. The third-order valence-electron chi connectivity index (χ3n) is 5.39. The quantitative estimate of drug-likeness (QED) is 0.329. The van der Waals surface area contributed by atoms with Gasteiger partial charge in [-0.3, -0.25) is 0 Å². The Morgan fingerprint density at radius 2 is 1.79 bits per heavy atom. The van der Waals surface area contributed by atoms with Gasteiger partial charge in [0.2, 0.25) is 0 Å². The zero-order valence-corrected chi connectivity index (χ0v) is 21.9. The van der Waals surface area contributed by atoms with E-state index in [0.717, 1.165) is 46.6 Å². The van der Waals surface area contributed by atoms with Crippen molar-refractivity contribution in [3.8, 4) is 0 Å². The van der Waals surface area contributed by atoms with Gasteiger partial charge >= 0.3 is 35.5 Å². The van der Waals surface area contributed by atoms with Crippen molar-refractivity contribution in [2.45, 2.75) is 33.7 Å². The molecule has 0 amide bonds. The molecule has 6 nitrogen and oxygen atoms in total. The molecular formula is C27H25N4NaO2. The fourth-order valence-electron chi connectivity index (χ4n) is 3.82. The maximum Gasteiger partial charge on any atom is 1.00 e. The summed E-state index contributed by atoms with van der Waals surface area (Å²) in [6, 6.07) is 20.6. The number of aromatic carboxylic acids is 1. The van der Waals surface area contributed by atoms with Crippen molar-refractivity contribution >= 4 is 28.0 Å². The van der Waals surface area contributed by atoms with Crippen LogP contribution in [0.5, 0.6) is 0 Å². The molecule has 0 saturated carbocycles. The standard InChI is InChI=1S/C20H19N4.C7H6O2.Na/c1-4-18-23-19-13(2)10-14(3)22-20(19)24(18)12-15-7-8-17-16(11-15)6-5-9-21-17;8-7(9)6-4-2-1-3-5-6;/h5-8,10-11H,4,12H2,1-3H3;1-5H,(H,8,9);/q-1;;+1. The molecule has 5 rings (SSSR count). The predicted octanol–water partition coefficient (Wildman–Crippen LogP) is 2.40. The third kappa shape index (κ3) is 5.70. The molecule has 0 aliphatic heterocycles. The van der Waals surface area contributed by atoms with E-state index in [0.29, 0.717) is 5.56 Å². The van der Waals surface area contributed by atoms with Crippen LogP contribution in [0.4, 0.5) is 0 Å². The van der Waals surface area contributed by atoms with Crippen LogP contribution >= 0.6 is 0 Å². The van der Waals surface area contributed by atoms with Crippen molar-refractivity contribution in [2.75, 3.05) is 0 Å². The van der Waals surface area contributed by atoms with Crippen LogP contribution in [0.1, 0.15) is 39.9 Å². The van der Waals surface area contributed by atoms with E-state index < -0.39 is 5.97 Å². The molecule has 3 aromatic heterocycles. The van der Waals surface area contributed by atoms with Gasteiger partial charge in [-0.25, -0.2) is 14.8 Å². The summed E-state index contributed by atoms with van der Waals surface area (Å²) in [4.78, 5) is 24.0. The molecule has 0 atom stereocenters. The van der Waals surface area contributed by atoms with Crippen molar-refractivity contribution in [1.82, 2.24) is 19.5 Å². The van der Waals surface area contributed by atoms with Crippen LogP contribution in [-0.2, 0) is 13.0 Å². The van der Waals surface area contributed by atoms with Crippen molar-refractivity contribution in [3.63, 3.8) is 0 Å². The molecule has 0 spiro atoms. The fourth-order valence-corrected chi connectivity index (χ4v) is 3.82. The van der Waals surface area contributed by atoms with Gasteiger partial charge in [-0.2, -0.15) is 12.1 Å². The summed E-state index contributed by atoms with van der Waals surface area (Å²) in [5.74, 6) is 0.196. The molecule has 0 fully saturated rings. The summed E-state index contributed by atoms with van der Waals surface area (Å²) in [6.07, 6.45) is 3.77. The maximum absolute atomic E-state index is 10.2. The second-order valence-electron chi connectivity index (χ2n) is 7.86. The van der Waals surface area contributed by atoms with Gasteiger partial charge in [0.25, 0.3) is 0 Å². The average molecular weight is 461 g/mol. The van der Waals surface area contributed by atoms with Gasteiger partial charge < -0.3 is 14.7 Å². The number of hydrogen-bond donors (Lipinski definition) is 1. The summed E-state index contributed by atoms with van der Waals surface area (Å²) >= 11 is 0. The van der Waals surface area contributed by atoms with Gasteiger partial charge in [0.1, 0.15) is 11.3 Å². The minimum Gasteiger partial charge on any atom is -0.478 e. The number of aromatic nitrogens is 4. The number of aryl methyl sites for hydroxylation is 3. The Morgan fingerprint density at radius 3 is 2.47 bits per heavy atom. The Bertz CT molecular complexity index is 1430. The molecule has 7 heteroatoms. The first kappa shape index (κ1) is 25.6. The molecule has 0 saturated heterocycles. The molecule has 0 radical (unpaired) electrons. The Labute approximate surface area is 221 Å². The minimum absolute atomic E-state index is 0. The second kappa shape index (κ2) is 11.4. The van der Waals surface area contributed by atoms with Gasteiger partial charge in [0, 0.05) is 12.1 Å². The van der Waals surface area contributed by atoms with Gasteiger partial charge in [-0.1, -0.05) is 49.5 Å². The number of hydrogen-bond acceptors (Lipinski definition) is 4. The van der Waals surface area contributed by atoms with Crippen LogP contribution in [0.15, 0.2) is 66.7 Å². The summed E-state index contributed by atoms with van der Waals surface area (Å²) in [7, 11) is 0. The molecule has 0 bridgehead atoms. The zero-order valence-electron chi connectivity index (χ0n) is 19.9. The molecule has 0 aliphatic carbocycles. The molecule has 3 heterocycles. The van der Waals surface area contributed by atoms with Gasteiger partial charge in [0.15, 0.2) is 5.65 Å². The molecule has 34 heavy (non-hydrogen) atoms. The number of carboxylic acids is 1. The molecule has 166 valence electrons. The summed E-state index contributed by atoms with van der Waals surface area (Å²) in [5, 5.41) is 9.52. The first-order valence-electron chi connectivity index (χ1n) is 10.8. The van der Waals surface area contributed by atoms with E-state index in [1.54, 1.807) is 30.3 Å². The van der Waals surface area contributed by atoms with E-state index >= 15 is 0 Å². The normalized spacial score (nSPS) is 10.4. The average Bonchev–Trinajstić information content (AvgIpc) is 3.17. The van der Waals surface area contributed by atoms with Crippen LogP contribution in [0.3, 0.4) is 0 Å². The van der Waals surface area contributed by atoms with Crippen LogP contribution < -0.4 is 29.6 Å². The maximum atomic E-state index is 10.2. The minimum atomic E-state index is -0.879. The number of pyridine rings is 2. The van der Waals surface area contributed by atoms with Crippen LogP contribution in [0.2, 0.25) is 0 Å². The summed E-state index contributed by atoms with van der Waals surface area (Å²) in [5.41, 5.74) is 6.73. The SMILES string of the molecule is CCc1nc2c(C)cc(C)nc2n1Cc1ccc2n[c-]ccc2c1.O=C(O)c1ccccc1.[Na+]. The van der Waals surface area contributed by atoms with Crippen LogP contribution in [0.25, 0.3) is 22.1 Å². The van der Waals surface area contributed by atoms with Gasteiger partial charge in [-0.15, -0.1) is 5.39 Å². The van der Waals surface area contributed by atoms with Crippen molar-refractivity contribution in [2.24, 2.45) is 0 Å². The van der Waals surface area contributed by atoms with E-state index in [2.05, 4.69) is 53.9 Å². The van der Waals surface area contributed by atoms with E-state index in [-0.39, 0.29) is 29.6 Å². The molecular weight excluding hydrogens is 435 g/mol. The van der Waals surface area contributed by atoms with Crippen molar-refractivity contribution in [3.05, 3.63) is 101 Å². The Morgan fingerprint density at radius 1 is 1.03 bits per heavy atom. The number of carbonyl (C=O) groups is 1. The zero-order chi connectivity index (χ0) is 23.4. The van der Waals surface area contributed by atoms with E-state index in [1.807, 2.05) is 19.1 Å². The second-order valence-corrected chi connectivity index (χ2v) is 7.86. The number of fused-ring (bicyclic) bond motifs is 2. The number of benzene rings is 2. The van der Waals surface area contributed by atoms with E-state index in [4.69, 9.17) is 15.1 Å². The first-order valence-corrected chi connectivity index (χ1v) is 10.8. The fraction of sp³-hybridized carbons (Fsp3) is 0.185. The first-order chi connectivity index (χ1) is 16.0. The largest absolute Gasteiger partial charge is 1.00 e. The Hall–Kier alpha value is -3.06. The van der Waals surface area contributed by atoms with Gasteiger partial charge in [-0.05, 0) is 48.7 Å². The van der Waals surface area contributed by atoms with Gasteiger partial charge in [0.05, 0.1) is 12.1 Å². The van der Waals surface area contributed by atoms with Crippen LogP contribution in [-0.4, -0.2) is 30.6 Å². The van der Waals surface area contributed by atoms with Crippen molar-refractivity contribution < 1.29 is 39.5 Å². The predicted molar refractivity (Wildman–Crippen MR) is 129 cm³/mol. The molecule has 0 unspecified atom stereocenters. The Kier molecular flexibility index (Phi) is 8.56.